The number of pyridine rings is 1. The van der Waals surface area contributed by atoms with Crippen LogP contribution in [-0.4, -0.2) is 22.8 Å². The van der Waals surface area contributed by atoms with E-state index in [1.807, 2.05) is 29.6 Å². The highest BCUT2D eigenvalue weighted by Crippen LogP contribution is 2.35. The van der Waals surface area contributed by atoms with Gasteiger partial charge in [-0.3, -0.25) is 0 Å². The zero-order chi connectivity index (χ0) is 18.1. The molecule has 0 aliphatic heterocycles. The first-order valence-corrected chi connectivity index (χ1v) is 8.93. The van der Waals surface area contributed by atoms with E-state index in [1.165, 1.54) is 0 Å². The second-order valence-corrected chi connectivity index (χ2v) is 6.83. The zero-order valence-corrected chi connectivity index (χ0v) is 16.1. The molecule has 1 atom stereocenters. The normalized spacial score (nSPS) is 12.4. The Hall–Kier alpha value is -2.20. The summed E-state index contributed by atoms with van der Waals surface area (Å²) in [5.74, 6) is 0.745. The first-order chi connectivity index (χ1) is 12.0. The summed E-state index contributed by atoms with van der Waals surface area (Å²) >= 11 is 6.53. The number of hydrogen-bond donors (Lipinski definition) is 1. The lowest BCUT2D eigenvalue weighted by atomic mass is 10.1. The van der Waals surface area contributed by atoms with Gasteiger partial charge in [0, 0.05) is 11.6 Å². The number of nitrogens with zero attached hydrogens (tertiary/aromatic N) is 2. The molecular weight excluding hydrogens is 334 g/mol. The third-order valence-electron chi connectivity index (χ3n) is 4.61. The highest BCUT2D eigenvalue weighted by atomic mass is 35.5. The average Bonchev–Trinajstić information content (AvgIpc) is 2.91. The number of aryl methyl sites for hydroxylation is 2. The predicted octanol–water partition coefficient (Wildman–Crippen LogP) is 5.49. The van der Waals surface area contributed by atoms with E-state index < -0.39 is 0 Å². The number of halogens is 1. The van der Waals surface area contributed by atoms with Gasteiger partial charge in [0.2, 0.25) is 0 Å². The van der Waals surface area contributed by atoms with Crippen molar-refractivity contribution in [3.8, 4) is 17.0 Å². The van der Waals surface area contributed by atoms with Gasteiger partial charge in [0.1, 0.15) is 5.75 Å². The number of nitrogens with one attached hydrogen (secondary N) is 1. The molecule has 0 saturated carbocycles. The van der Waals surface area contributed by atoms with Gasteiger partial charge in [0.15, 0.2) is 0 Å². The minimum absolute atomic E-state index is 0.390. The van der Waals surface area contributed by atoms with Gasteiger partial charge >= 0.3 is 0 Å². The van der Waals surface area contributed by atoms with Crippen molar-refractivity contribution in [3.05, 3.63) is 46.6 Å². The summed E-state index contributed by atoms with van der Waals surface area (Å²) in [6.45, 7) is 8.46. The van der Waals surface area contributed by atoms with Gasteiger partial charge in [-0.15, -0.1) is 0 Å². The van der Waals surface area contributed by atoms with Crippen LogP contribution < -0.4 is 10.1 Å². The maximum Gasteiger partial charge on any atom is 0.120 e. The van der Waals surface area contributed by atoms with Gasteiger partial charge in [-0.1, -0.05) is 24.6 Å². The highest BCUT2D eigenvalue weighted by Gasteiger charge is 2.17. The van der Waals surface area contributed by atoms with Crippen LogP contribution >= 0.6 is 11.6 Å². The Morgan fingerprint density at radius 1 is 1.24 bits per heavy atom. The summed E-state index contributed by atoms with van der Waals surface area (Å²) in [6, 6.07) is 10.4. The predicted molar refractivity (Wildman–Crippen MR) is 105 cm³/mol. The molecule has 4 nitrogen and oxygen atoms in total. The molecule has 1 N–H and O–H groups in total. The standard InChI is InChI=1S/C20H24ClN3O/c1-6-13(3)22-19-14(4)23-24-18(19)10-7-12(2)20(24)16-9-8-15(25-5)11-17(16)21/h7-11,13,22H,6H2,1-5H3. The number of aromatic nitrogens is 2. The van der Waals surface area contributed by atoms with Crippen LogP contribution in [0.2, 0.25) is 5.02 Å². The molecule has 132 valence electrons. The fraction of sp³-hybridized carbons (Fsp3) is 0.350. The van der Waals surface area contributed by atoms with Crippen LogP contribution in [0, 0.1) is 13.8 Å². The van der Waals surface area contributed by atoms with Crippen molar-refractivity contribution in [1.82, 2.24) is 9.61 Å². The SMILES string of the molecule is CCC(C)Nc1c(C)nn2c(-c3ccc(OC)cc3Cl)c(C)ccc12. The Balaban J connectivity index is 2.22. The van der Waals surface area contributed by atoms with Crippen molar-refractivity contribution in [1.29, 1.82) is 0 Å². The van der Waals surface area contributed by atoms with Crippen molar-refractivity contribution < 1.29 is 4.74 Å². The van der Waals surface area contributed by atoms with Crippen LogP contribution in [0.25, 0.3) is 16.8 Å². The van der Waals surface area contributed by atoms with Gasteiger partial charge in [-0.2, -0.15) is 5.10 Å². The van der Waals surface area contributed by atoms with E-state index in [0.29, 0.717) is 11.1 Å². The molecule has 0 bridgehead atoms. The molecule has 1 unspecified atom stereocenters. The number of benzene rings is 1. The first kappa shape index (κ1) is 17.6. The lowest BCUT2D eigenvalue weighted by Crippen LogP contribution is -2.13. The number of fused-ring (bicyclic) bond motifs is 1. The Morgan fingerprint density at radius 2 is 2.00 bits per heavy atom. The number of rotatable bonds is 5. The van der Waals surface area contributed by atoms with Crippen molar-refractivity contribution >= 4 is 22.8 Å². The molecule has 0 aliphatic rings. The molecular formula is C20H24ClN3O. The Bertz CT molecular complexity index is 917. The monoisotopic (exact) mass is 357 g/mol. The smallest absolute Gasteiger partial charge is 0.120 e. The number of ether oxygens (including phenoxy) is 1. The molecule has 0 spiro atoms. The molecule has 1 aromatic carbocycles. The lowest BCUT2D eigenvalue weighted by Gasteiger charge is -2.14. The first-order valence-electron chi connectivity index (χ1n) is 8.55. The minimum atomic E-state index is 0.390. The van der Waals surface area contributed by atoms with Crippen LogP contribution in [0.3, 0.4) is 0 Å². The van der Waals surface area contributed by atoms with E-state index in [-0.39, 0.29) is 0 Å². The third kappa shape index (κ3) is 3.19. The quantitative estimate of drug-likeness (QED) is 0.656. The second kappa shape index (κ2) is 6.96. The maximum atomic E-state index is 6.53. The van der Waals surface area contributed by atoms with Gasteiger partial charge < -0.3 is 10.1 Å². The van der Waals surface area contributed by atoms with E-state index in [2.05, 4.69) is 38.2 Å². The molecule has 5 heteroatoms. The molecule has 0 amide bonds. The maximum absolute atomic E-state index is 6.53. The summed E-state index contributed by atoms with van der Waals surface area (Å²) in [5, 5.41) is 9.02. The summed E-state index contributed by atoms with van der Waals surface area (Å²) < 4.78 is 7.26. The molecule has 3 aromatic rings. The topological polar surface area (TPSA) is 38.6 Å². The van der Waals surface area contributed by atoms with Gasteiger partial charge in [-0.25, -0.2) is 4.52 Å². The van der Waals surface area contributed by atoms with Crippen molar-refractivity contribution in [2.45, 2.75) is 40.2 Å². The average molecular weight is 358 g/mol. The summed E-state index contributed by atoms with van der Waals surface area (Å²) in [5.41, 5.74) is 6.20. The van der Waals surface area contributed by atoms with E-state index in [9.17, 15) is 0 Å². The molecule has 2 aromatic heterocycles. The van der Waals surface area contributed by atoms with Crippen LogP contribution in [0.15, 0.2) is 30.3 Å². The Kier molecular flexibility index (Phi) is 4.91. The molecule has 0 radical (unpaired) electrons. The molecule has 3 rings (SSSR count). The van der Waals surface area contributed by atoms with E-state index in [0.717, 1.165) is 45.9 Å². The highest BCUT2D eigenvalue weighted by molar-refractivity contribution is 6.33. The van der Waals surface area contributed by atoms with Crippen LogP contribution in [-0.2, 0) is 0 Å². The van der Waals surface area contributed by atoms with Crippen molar-refractivity contribution in [3.63, 3.8) is 0 Å². The summed E-state index contributed by atoms with van der Waals surface area (Å²) in [4.78, 5) is 0. The van der Waals surface area contributed by atoms with Gasteiger partial charge in [0.05, 0.1) is 34.7 Å². The van der Waals surface area contributed by atoms with Crippen LogP contribution in [0.1, 0.15) is 31.5 Å². The van der Waals surface area contributed by atoms with Crippen molar-refractivity contribution in [2.24, 2.45) is 0 Å². The second-order valence-electron chi connectivity index (χ2n) is 6.42. The fourth-order valence-corrected chi connectivity index (χ4v) is 3.25. The number of anilines is 1. The lowest BCUT2D eigenvalue weighted by molar-refractivity contribution is 0.415. The van der Waals surface area contributed by atoms with Crippen LogP contribution in [0.4, 0.5) is 5.69 Å². The molecule has 0 aliphatic carbocycles. The Morgan fingerprint density at radius 3 is 2.64 bits per heavy atom. The Labute approximate surface area is 153 Å². The number of hydrogen-bond acceptors (Lipinski definition) is 3. The summed E-state index contributed by atoms with van der Waals surface area (Å²) in [6.07, 6.45) is 1.06. The zero-order valence-electron chi connectivity index (χ0n) is 15.4. The molecule has 0 fully saturated rings. The van der Waals surface area contributed by atoms with E-state index in [1.54, 1.807) is 7.11 Å². The van der Waals surface area contributed by atoms with Crippen molar-refractivity contribution in [2.75, 3.05) is 12.4 Å². The summed E-state index contributed by atoms with van der Waals surface area (Å²) in [7, 11) is 1.64. The third-order valence-corrected chi connectivity index (χ3v) is 4.92. The molecule has 25 heavy (non-hydrogen) atoms. The van der Waals surface area contributed by atoms with E-state index in [4.69, 9.17) is 21.4 Å². The van der Waals surface area contributed by atoms with E-state index >= 15 is 0 Å². The minimum Gasteiger partial charge on any atom is -0.497 e. The number of methoxy groups -OCH3 is 1. The van der Waals surface area contributed by atoms with Gasteiger partial charge in [-0.05, 0) is 57.0 Å². The largest absolute Gasteiger partial charge is 0.497 e. The van der Waals surface area contributed by atoms with Crippen LogP contribution in [0.5, 0.6) is 5.75 Å². The molecule has 2 heterocycles. The van der Waals surface area contributed by atoms with Gasteiger partial charge in [0.25, 0.3) is 0 Å². The molecule has 0 saturated heterocycles. The fourth-order valence-electron chi connectivity index (χ4n) is 2.99.